The van der Waals surface area contributed by atoms with E-state index >= 15 is 0 Å². The van der Waals surface area contributed by atoms with E-state index < -0.39 is 0 Å². The molecule has 3 nitrogen and oxygen atoms in total. The van der Waals surface area contributed by atoms with Gasteiger partial charge >= 0.3 is 0 Å². The molecule has 1 aromatic heterocycles. The standard InChI is InChI=1S/C14H24N2O/c1-5-8-11(4)9-14(17)13-10-12(6-2)15-16(13)7-3/h10-11H,5-9H2,1-4H3. The lowest BCUT2D eigenvalue weighted by atomic mass is 9.98. The number of rotatable bonds is 7. The summed E-state index contributed by atoms with van der Waals surface area (Å²) in [5, 5.41) is 4.42. The third-order valence-corrected chi connectivity index (χ3v) is 3.09. The minimum absolute atomic E-state index is 0.236. The van der Waals surface area contributed by atoms with Crippen LogP contribution in [0.1, 0.15) is 63.1 Å². The maximum Gasteiger partial charge on any atom is 0.181 e. The third kappa shape index (κ3) is 3.69. The van der Waals surface area contributed by atoms with E-state index in [0.29, 0.717) is 12.3 Å². The average Bonchev–Trinajstić information content (AvgIpc) is 2.72. The molecule has 0 fully saturated rings. The molecule has 1 rings (SSSR count). The minimum Gasteiger partial charge on any atom is -0.292 e. The summed E-state index contributed by atoms with van der Waals surface area (Å²) in [7, 11) is 0. The van der Waals surface area contributed by atoms with Gasteiger partial charge in [-0.1, -0.05) is 33.6 Å². The van der Waals surface area contributed by atoms with Crippen molar-refractivity contribution in [3.05, 3.63) is 17.5 Å². The summed E-state index contributed by atoms with van der Waals surface area (Å²) in [6, 6.07) is 1.95. The monoisotopic (exact) mass is 236 g/mol. The van der Waals surface area contributed by atoms with Crippen molar-refractivity contribution in [2.75, 3.05) is 0 Å². The molecule has 1 atom stereocenters. The maximum atomic E-state index is 12.2. The first kappa shape index (κ1) is 13.9. The Labute approximate surface area is 104 Å². The molecule has 0 saturated carbocycles. The molecule has 0 radical (unpaired) electrons. The molecule has 0 saturated heterocycles. The minimum atomic E-state index is 0.236. The predicted octanol–water partition coefficient (Wildman–Crippen LogP) is 3.47. The number of aromatic nitrogens is 2. The molecule has 0 bridgehead atoms. The number of carbonyl (C=O) groups excluding carboxylic acids is 1. The third-order valence-electron chi connectivity index (χ3n) is 3.09. The van der Waals surface area contributed by atoms with E-state index in [-0.39, 0.29) is 5.78 Å². The van der Waals surface area contributed by atoms with Crippen LogP contribution < -0.4 is 0 Å². The normalized spacial score (nSPS) is 12.7. The van der Waals surface area contributed by atoms with Gasteiger partial charge in [0, 0.05) is 13.0 Å². The summed E-state index contributed by atoms with van der Waals surface area (Å²) in [4.78, 5) is 12.2. The first-order valence-corrected chi connectivity index (χ1v) is 6.72. The van der Waals surface area contributed by atoms with E-state index in [2.05, 4.69) is 25.9 Å². The zero-order chi connectivity index (χ0) is 12.8. The van der Waals surface area contributed by atoms with Crippen LogP contribution in [-0.2, 0) is 13.0 Å². The van der Waals surface area contributed by atoms with E-state index in [0.717, 1.165) is 37.2 Å². The fourth-order valence-corrected chi connectivity index (χ4v) is 2.12. The first-order valence-electron chi connectivity index (χ1n) is 6.72. The summed E-state index contributed by atoms with van der Waals surface area (Å²) in [6.45, 7) is 9.17. The molecule has 0 aliphatic heterocycles. The lowest BCUT2D eigenvalue weighted by molar-refractivity contribution is 0.0952. The Morgan fingerprint density at radius 1 is 1.41 bits per heavy atom. The molecule has 17 heavy (non-hydrogen) atoms. The van der Waals surface area contributed by atoms with Crippen LogP contribution in [0.3, 0.4) is 0 Å². The molecule has 96 valence electrons. The van der Waals surface area contributed by atoms with E-state index in [9.17, 15) is 4.79 Å². The van der Waals surface area contributed by atoms with Gasteiger partial charge in [-0.05, 0) is 25.3 Å². The molecule has 0 aromatic carbocycles. The van der Waals surface area contributed by atoms with Crippen LogP contribution in [-0.4, -0.2) is 15.6 Å². The molecule has 1 aromatic rings. The van der Waals surface area contributed by atoms with E-state index in [1.807, 2.05) is 17.7 Å². The largest absolute Gasteiger partial charge is 0.292 e. The highest BCUT2D eigenvalue weighted by atomic mass is 16.1. The summed E-state index contributed by atoms with van der Waals surface area (Å²) in [5.74, 6) is 0.706. The number of ketones is 1. The van der Waals surface area contributed by atoms with Crippen molar-refractivity contribution in [2.24, 2.45) is 5.92 Å². The van der Waals surface area contributed by atoms with Gasteiger partial charge in [0.2, 0.25) is 0 Å². The second-order valence-electron chi connectivity index (χ2n) is 4.71. The van der Waals surface area contributed by atoms with Crippen molar-refractivity contribution in [3.63, 3.8) is 0 Å². The van der Waals surface area contributed by atoms with Crippen molar-refractivity contribution < 1.29 is 4.79 Å². The Bertz CT molecular complexity index is 368. The van der Waals surface area contributed by atoms with Gasteiger partial charge in [0.05, 0.1) is 5.69 Å². The fourth-order valence-electron chi connectivity index (χ4n) is 2.12. The van der Waals surface area contributed by atoms with Gasteiger partial charge in [-0.15, -0.1) is 0 Å². The molecule has 0 spiro atoms. The van der Waals surface area contributed by atoms with Gasteiger partial charge in [0.1, 0.15) is 5.69 Å². The zero-order valence-corrected chi connectivity index (χ0v) is 11.5. The summed E-state index contributed by atoms with van der Waals surface area (Å²) in [5.41, 5.74) is 1.80. The number of nitrogens with zero attached hydrogens (tertiary/aromatic N) is 2. The number of carbonyl (C=O) groups is 1. The average molecular weight is 236 g/mol. The van der Waals surface area contributed by atoms with Crippen molar-refractivity contribution >= 4 is 5.78 Å². The topological polar surface area (TPSA) is 34.9 Å². The molecular formula is C14H24N2O. The van der Waals surface area contributed by atoms with Crippen molar-refractivity contribution in [1.82, 2.24) is 9.78 Å². The van der Waals surface area contributed by atoms with Gasteiger partial charge in [0.25, 0.3) is 0 Å². The van der Waals surface area contributed by atoms with Crippen LogP contribution in [0.15, 0.2) is 6.07 Å². The highest BCUT2D eigenvalue weighted by Gasteiger charge is 2.16. The maximum absolute atomic E-state index is 12.2. The van der Waals surface area contributed by atoms with Crippen LogP contribution in [0.5, 0.6) is 0 Å². The Kier molecular flexibility index (Phi) is 5.39. The SMILES string of the molecule is CCCC(C)CC(=O)c1cc(CC)nn1CC. The molecule has 0 aliphatic rings. The number of aryl methyl sites for hydroxylation is 2. The summed E-state index contributed by atoms with van der Waals surface area (Å²) >= 11 is 0. The van der Waals surface area contributed by atoms with Crippen LogP contribution in [0.25, 0.3) is 0 Å². The van der Waals surface area contributed by atoms with Gasteiger partial charge < -0.3 is 0 Å². The Morgan fingerprint density at radius 2 is 2.12 bits per heavy atom. The lowest BCUT2D eigenvalue weighted by Gasteiger charge is -2.09. The van der Waals surface area contributed by atoms with E-state index in [4.69, 9.17) is 0 Å². The molecular weight excluding hydrogens is 212 g/mol. The van der Waals surface area contributed by atoms with Crippen molar-refractivity contribution in [3.8, 4) is 0 Å². The van der Waals surface area contributed by atoms with Gasteiger partial charge in [-0.3, -0.25) is 9.48 Å². The molecule has 1 heterocycles. The quantitative estimate of drug-likeness (QED) is 0.679. The van der Waals surface area contributed by atoms with Crippen molar-refractivity contribution in [1.29, 1.82) is 0 Å². The van der Waals surface area contributed by atoms with E-state index in [1.54, 1.807) is 0 Å². The summed E-state index contributed by atoms with van der Waals surface area (Å²) in [6.07, 6.45) is 3.79. The van der Waals surface area contributed by atoms with Crippen LogP contribution >= 0.6 is 0 Å². The second-order valence-corrected chi connectivity index (χ2v) is 4.71. The Morgan fingerprint density at radius 3 is 2.65 bits per heavy atom. The van der Waals surface area contributed by atoms with Crippen LogP contribution in [0, 0.1) is 5.92 Å². The van der Waals surface area contributed by atoms with Crippen LogP contribution in [0.4, 0.5) is 0 Å². The first-order chi connectivity index (χ1) is 8.12. The van der Waals surface area contributed by atoms with E-state index in [1.165, 1.54) is 0 Å². The smallest absolute Gasteiger partial charge is 0.181 e. The number of Topliss-reactive ketones (excluding diaryl/α,β-unsaturated/α-hetero) is 1. The number of hydrogen-bond acceptors (Lipinski definition) is 2. The second kappa shape index (κ2) is 6.58. The molecule has 0 amide bonds. The Balaban J connectivity index is 2.77. The highest BCUT2D eigenvalue weighted by molar-refractivity contribution is 5.94. The summed E-state index contributed by atoms with van der Waals surface area (Å²) < 4.78 is 1.83. The number of hydrogen-bond donors (Lipinski definition) is 0. The molecule has 1 unspecified atom stereocenters. The Hall–Kier alpha value is -1.12. The molecule has 0 aliphatic carbocycles. The zero-order valence-electron chi connectivity index (χ0n) is 11.5. The lowest BCUT2D eigenvalue weighted by Crippen LogP contribution is -2.12. The van der Waals surface area contributed by atoms with Gasteiger partial charge in [0.15, 0.2) is 5.78 Å². The van der Waals surface area contributed by atoms with Gasteiger partial charge in [-0.2, -0.15) is 5.10 Å². The van der Waals surface area contributed by atoms with Crippen molar-refractivity contribution in [2.45, 2.75) is 59.9 Å². The van der Waals surface area contributed by atoms with Gasteiger partial charge in [-0.25, -0.2) is 0 Å². The molecule has 3 heteroatoms. The fraction of sp³-hybridized carbons (Fsp3) is 0.714. The predicted molar refractivity (Wildman–Crippen MR) is 70.3 cm³/mol. The highest BCUT2D eigenvalue weighted by Crippen LogP contribution is 2.15. The molecule has 0 N–H and O–H groups in total. The van der Waals surface area contributed by atoms with Crippen LogP contribution in [0.2, 0.25) is 0 Å².